The van der Waals surface area contributed by atoms with E-state index in [0.717, 1.165) is 48.9 Å². The third-order valence-corrected chi connectivity index (χ3v) is 5.64. The second kappa shape index (κ2) is 7.84. The van der Waals surface area contributed by atoms with Crippen molar-refractivity contribution in [3.8, 4) is 11.5 Å². The molecular formula is C19H28N8O. The number of nitrogen functional groups attached to an aromatic ring is 1. The lowest BCUT2D eigenvalue weighted by Crippen LogP contribution is -2.45. The van der Waals surface area contributed by atoms with E-state index in [2.05, 4.69) is 51.3 Å². The lowest BCUT2D eigenvalue weighted by atomic mass is 9.99. The topological polar surface area (TPSA) is 122 Å². The van der Waals surface area contributed by atoms with Crippen molar-refractivity contribution in [2.75, 3.05) is 18.8 Å². The van der Waals surface area contributed by atoms with Crippen LogP contribution >= 0.6 is 0 Å². The smallest absolute Gasteiger partial charge is 0.199 e. The number of piperidine rings is 1. The lowest BCUT2D eigenvalue weighted by Gasteiger charge is -2.36. The zero-order valence-corrected chi connectivity index (χ0v) is 16.6. The number of rotatable bonds is 6. The molecule has 0 aromatic carbocycles. The fourth-order valence-electron chi connectivity index (χ4n) is 3.97. The third-order valence-electron chi connectivity index (χ3n) is 5.64. The van der Waals surface area contributed by atoms with Gasteiger partial charge in [-0.05, 0) is 56.5 Å². The minimum atomic E-state index is 0.190. The van der Waals surface area contributed by atoms with Gasteiger partial charge in [0.15, 0.2) is 17.3 Å². The van der Waals surface area contributed by atoms with Gasteiger partial charge in [-0.1, -0.05) is 6.92 Å². The molecule has 1 atom stereocenters. The molecule has 0 radical (unpaired) electrons. The highest BCUT2D eigenvalue weighted by molar-refractivity contribution is 5.82. The van der Waals surface area contributed by atoms with Gasteiger partial charge in [-0.25, -0.2) is 9.61 Å². The van der Waals surface area contributed by atoms with E-state index >= 15 is 0 Å². The van der Waals surface area contributed by atoms with Crippen molar-refractivity contribution in [1.82, 2.24) is 35.5 Å². The molecule has 9 nitrogen and oxygen atoms in total. The van der Waals surface area contributed by atoms with Crippen LogP contribution < -0.4 is 11.1 Å². The number of aromatic nitrogens is 5. The summed E-state index contributed by atoms with van der Waals surface area (Å²) in [5, 5.41) is 11.3. The number of fused-ring (bicyclic) bond motifs is 1. The Morgan fingerprint density at radius 2 is 2.07 bits per heavy atom. The summed E-state index contributed by atoms with van der Waals surface area (Å²) in [5.74, 6) is 0.763. The lowest BCUT2D eigenvalue weighted by molar-refractivity contribution is 0.156. The summed E-state index contributed by atoms with van der Waals surface area (Å²) in [6.07, 6.45) is 6.95. The summed E-state index contributed by atoms with van der Waals surface area (Å²) in [6.45, 7) is 8.99. The van der Waals surface area contributed by atoms with Crippen LogP contribution in [0.1, 0.15) is 51.6 Å². The Labute approximate surface area is 164 Å². The Balaban J connectivity index is 1.57. The van der Waals surface area contributed by atoms with Crippen LogP contribution in [-0.2, 0) is 0 Å². The minimum Gasteiger partial charge on any atom is -0.379 e. The fraction of sp³-hybridized carbons (Fsp3) is 0.579. The van der Waals surface area contributed by atoms with E-state index < -0.39 is 0 Å². The first-order chi connectivity index (χ1) is 13.6. The van der Waals surface area contributed by atoms with Crippen LogP contribution in [0.4, 0.5) is 5.82 Å². The van der Waals surface area contributed by atoms with Gasteiger partial charge in [-0.3, -0.25) is 4.98 Å². The summed E-state index contributed by atoms with van der Waals surface area (Å²) < 4.78 is 4.70. The molecule has 0 bridgehead atoms. The predicted molar refractivity (Wildman–Crippen MR) is 107 cm³/mol. The van der Waals surface area contributed by atoms with Crippen LogP contribution in [0.5, 0.6) is 0 Å². The van der Waals surface area contributed by atoms with Crippen LogP contribution in [-0.4, -0.2) is 55.3 Å². The number of pyridine rings is 1. The van der Waals surface area contributed by atoms with Crippen molar-refractivity contribution >= 4 is 16.9 Å². The number of nitrogens with two attached hydrogens (primary N) is 1. The van der Waals surface area contributed by atoms with Crippen LogP contribution in [0.3, 0.4) is 0 Å². The average molecular weight is 384 g/mol. The highest BCUT2D eigenvalue weighted by Crippen LogP contribution is 2.29. The third kappa shape index (κ3) is 3.59. The van der Waals surface area contributed by atoms with Gasteiger partial charge in [0.05, 0.1) is 17.2 Å². The molecule has 1 aliphatic rings. The number of aromatic amines is 1. The predicted octanol–water partition coefficient (Wildman–Crippen LogP) is 2.50. The first-order valence-electron chi connectivity index (χ1n) is 9.99. The second-order valence-electron chi connectivity index (χ2n) is 7.74. The van der Waals surface area contributed by atoms with Crippen molar-refractivity contribution in [2.45, 2.75) is 58.2 Å². The molecule has 150 valence electrons. The molecule has 1 unspecified atom stereocenters. The number of anilines is 1. The molecule has 1 saturated heterocycles. The molecule has 0 aliphatic carbocycles. The standard InChI is InChI=1S/C19H28N8O/c1-4-14(22-12-5-7-27(8-6-12)11(2)3)13-9-21-10-15-16(13)24-19(23-15)17-18(20)26-28-25-17/h9-12,14,22H,4-8H2,1-3H3,(H2,20,26)(H,23,24). The highest BCUT2D eigenvalue weighted by Gasteiger charge is 2.25. The maximum absolute atomic E-state index is 5.82. The largest absolute Gasteiger partial charge is 0.379 e. The Morgan fingerprint density at radius 1 is 1.29 bits per heavy atom. The second-order valence-corrected chi connectivity index (χ2v) is 7.74. The molecule has 3 aromatic rings. The first kappa shape index (κ1) is 18.8. The van der Waals surface area contributed by atoms with Gasteiger partial charge in [-0.15, -0.1) is 0 Å². The normalized spacial score (nSPS) is 17.6. The van der Waals surface area contributed by atoms with E-state index in [0.29, 0.717) is 23.6 Å². The van der Waals surface area contributed by atoms with E-state index in [1.54, 1.807) is 6.20 Å². The van der Waals surface area contributed by atoms with Gasteiger partial charge in [0.2, 0.25) is 0 Å². The monoisotopic (exact) mass is 384 g/mol. The highest BCUT2D eigenvalue weighted by atomic mass is 16.6. The molecule has 4 heterocycles. The van der Waals surface area contributed by atoms with Crippen LogP contribution in [0.15, 0.2) is 17.0 Å². The van der Waals surface area contributed by atoms with Gasteiger partial charge >= 0.3 is 0 Å². The SMILES string of the molecule is CCC(NC1CCN(C(C)C)CC1)c1cncc2[nH]c(-c3nonc3N)nc12. The maximum Gasteiger partial charge on any atom is 0.199 e. The Kier molecular flexibility index (Phi) is 5.27. The average Bonchev–Trinajstić information content (AvgIpc) is 3.32. The summed E-state index contributed by atoms with van der Waals surface area (Å²) in [6, 6.07) is 1.31. The van der Waals surface area contributed by atoms with E-state index in [4.69, 9.17) is 15.3 Å². The molecule has 3 aromatic heterocycles. The molecule has 4 rings (SSSR count). The van der Waals surface area contributed by atoms with E-state index in [1.807, 2.05) is 6.20 Å². The van der Waals surface area contributed by atoms with E-state index in [9.17, 15) is 0 Å². The van der Waals surface area contributed by atoms with Gasteiger partial charge in [0, 0.05) is 29.9 Å². The summed E-state index contributed by atoms with van der Waals surface area (Å²) >= 11 is 0. The Bertz CT molecular complexity index is 925. The Hall–Kier alpha value is -2.52. The molecule has 0 saturated carbocycles. The number of imidazole rings is 1. The number of nitrogens with zero attached hydrogens (tertiary/aromatic N) is 5. The molecule has 9 heteroatoms. The zero-order chi connectivity index (χ0) is 19.7. The molecule has 4 N–H and O–H groups in total. The van der Waals surface area contributed by atoms with Crippen molar-refractivity contribution < 1.29 is 4.63 Å². The van der Waals surface area contributed by atoms with Gasteiger partial charge < -0.3 is 20.9 Å². The van der Waals surface area contributed by atoms with Crippen molar-refractivity contribution in [1.29, 1.82) is 0 Å². The Morgan fingerprint density at radius 3 is 2.71 bits per heavy atom. The van der Waals surface area contributed by atoms with Crippen molar-refractivity contribution in [2.24, 2.45) is 0 Å². The number of H-pyrrole nitrogens is 1. The summed E-state index contributed by atoms with van der Waals surface area (Å²) in [7, 11) is 0. The number of likely N-dealkylation sites (tertiary alicyclic amines) is 1. The molecule has 1 fully saturated rings. The molecule has 0 spiro atoms. The van der Waals surface area contributed by atoms with Crippen LogP contribution in [0.2, 0.25) is 0 Å². The number of nitrogens with one attached hydrogen (secondary N) is 2. The summed E-state index contributed by atoms with van der Waals surface area (Å²) in [4.78, 5) is 14.9. The van der Waals surface area contributed by atoms with Gasteiger partial charge in [0.25, 0.3) is 0 Å². The van der Waals surface area contributed by atoms with E-state index in [-0.39, 0.29) is 11.9 Å². The molecular weight excluding hydrogens is 356 g/mol. The zero-order valence-electron chi connectivity index (χ0n) is 16.6. The van der Waals surface area contributed by atoms with Crippen LogP contribution in [0.25, 0.3) is 22.6 Å². The number of hydrogen-bond acceptors (Lipinski definition) is 8. The molecule has 28 heavy (non-hydrogen) atoms. The van der Waals surface area contributed by atoms with Crippen molar-refractivity contribution in [3.63, 3.8) is 0 Å². The maximum atomic E-state index is 5.82. The van der Waals surface area contributed by atoms with Gasteiger partial charge in [0.1, 0.15) is 0 Å². The van der Waals surface area contributed by atoms with Gasteiger partial charge in [-0.2, -0.15) is 0 Å². The van der Waals surface area contributed by atoms with Crippen molar-refractivity contribution in [3.05, 3.63) is 18.0 Å². The summed E-state index contributed by atoms with van der Waals surface area (Å²) in [5.41, 5.74) is 9.06. The fourth-order valence-corrected chi connectivity index (χ4v) is 3.97. The minimum absolute atomic E-state index is 0.190. The quantitative estimate of drug-likeness (QED) is 0.592. The first-order valence-corrected chi connectivity index (χ1v) is 9.99. The molecule has 0 amide bonds. The van der Waals surface area contributed by atoms with Crippen LogP contribution in [0, 0.1) is 0 Å². The number of hydrogen-bond donors (Lipinski definition) is 3. The molecule has 1 aliphatic heterocycles. The van der Waals surface area contributed by atoms with E-state index in [1.165, 1.54) is 0 Å².